The van der Waals surface area contributed by atoms with Crippen LogP contribution in [-0.2, 0) is 0 Å². The molecule has 102 valence electrons. The molecule has 3 rings (SSSR count). The molecule has 1 N–H and O–H groups in total. The van der Waals surface area contributed by atoms with E-state index < -0.39 is 5.82 Å². The van der Waals surface area contributed by atoms with Crippen LogP contribution >= 0.6 is 47.0 Å². The van der Waals surface area contributed by atoms with E-state index in [4.69, 9.17) is 47.0 Å². The van der Waals surface area contributed by atoms with Crippen molar-refractivity contribution in [1.29, 1.82) is 0 Å². The number of fused-ring (bicyclic) bond motifs is 1. The van der Waals surface area contributed by atoms with Crippen molar-refractivity contribution >= 4 is 58.1 Å². The van der Waals surface area contributed by atoms with Crippen LogP contribution in [0.1, 0.15) is 0 Å². The SMILES string of the molecule is Fc1cc(Cl)cc(-n2c(=S)[nH]c3cc(Cl)c(Cl)cc32)c1. The van der Waals surface area contributed by atoms with Crippen molar-refractivity contribution in [2.24, 2.45) is 0 Å². The first-order valence-electron chi connectivity index (χ1n) is 5.52. The Morgan fingerprint density at radius 1 is 1.00 bits per heavy atom. The largest absolute Gasteiger partial charge is 0.330 e. The van der Waals surface area contributed by atoms with Crippen molar-refractivity contribution in [1.82, 2.24) is 9.55 Å². The zero-order valence-electron chi connectivity index (χ0n) is 9.75. The van der Waals surface area contributed by atoms with Gasteiger partial charge in [-0.3, -0.25) is 4.57 Å². The molecule has 0 aliphatic heterocycles. The van der Waals surface area contributed by atoms with Gasteiger partial charge in [0.1, 0.15) is 5.82 Å². The monoisotopic (exact) mass is 346 g/mol. The summed E-state index contributed by atoms with van der Waals surface area (Å²) in [7, 11) is 0. The number of hydrogen-bond donors (Lipinski definition) is 1. The van der Waals surface area contributed by atoms with Crippen LogP contribution in [0.15, 0.2) is 30.3 Å². The molecule has 0 aliphatic rings. The second-order valence-electron chi connectivity index (χ2n) is 4.18. The fourth-order valence-electron chi connectivity index (χ4n) is 2.03. The quantitative estimate of drug-likeness (QED) is 0.553. The Morgan fingerprint density at radius 2 is 1.70 bits per heavy atom. The average Bonchev–Trinajstić information content (AvgIpc) is 2.64. The van der Waals surface area contributed by atoms with E-state index in [0.717, 1.165) is 0 Å². The minimum absolute atomic E-state index is 0.288. The fourth-order valence-corrected chi connectivity index (χ4v) is 2.88. The molecule has 0 unspecified atom stereocenters. The summed E-state index contributed by atoms with van der Waals surface area (Å²) < 4.78 is 15.6. The van der Waals surface area contributed by atoms with Crippen LogP contribution in [0.2, 0.25) is 15.1 Å². The van der Waals surface area contributed by atoms with E-state index in [1.54, 1.807) is 22.8 Å². The molecule has 0 aliphatic carbocycles. The van der Waals surface area contributed by atoms with Crippen molar-refractivity contribution in [2.75, 3.05) is 0 Å². The van der Waals surface area contributed by atoms with E-state index in [0.29, 0.717) is 31.5 Å². The third-order valence-corrected chi connectivity index (χ3v) is 4.05. The number of aromatic nitrogens is 2. The predicted molar refractivity (Wildman–Crippen MR) is 83.4 cm³/mol. The third kappa shape index (κ3) is 2.33. The highest BCUT2D eigenvalue weighted by Gasteiger charge is 2.11. The summed E-state index contributed by atoms with van der Waals surface area (Å²) in [6.07, 6.45) is 0. The maximum atomic E-state index is 13.5. The second-order valence-corrected chi connectivity index (χ2v) is 5.81. The molecule has 0 saturated heterocycles. The smallest absolute Gasteiger partial charge is 0.182 e. The van der Waals surface area contributed by atoms with Crippen molar-refractivity contribution < 1.29 is 4.39 Å². The molecule has 0 bridgehead atoms. The number of imidazole rings is 1. The molecule has 0 atom stereocenters. The number of halogens is 4. The van der Waals surface area contributed by atoms with Gasteiger partial charge in [0.15, 0.2) is 4.77 Å². The summed E-state index contributed by atoms with van der Waals surface area (Å²) >= 11 is 23.1. The zero-order chi connectivity index (χ0) is 14.4. The maximum Gasteiger partial charge on any atom is 0.182 e. The van der Waals surface area contributed by atoms with Crippen molar-refractivity contribution in [2.45, 2.75) is 0 Å². The Kier molecular flexibility index (Phi) is 3.50. The van der Waals surface area contributed by atoms with Crippen molar-refractivity contribution in [3.8, 4) is 5.69 Å². The summed E-state index contributed by atoms with van der Waals surface area (Å²) in [6.45, 7) is 0. The van der Waals surface area contributed by atoms with Gasteiger partial charge in [-0.1, -0.05) is 34.8 Å². The number of nitrogens with zero attached hydrogens (tertiary/aromatic N) is 1. The average molecular weight is 348 g/mol. The van der Waals surface area contributed by atoms with E-state index in [9.17, 15) is 4.39 Å². The van der Waals surface area contributed by atoms with Gasteiger partial charge in [0, 0.05) is 5.02 Å². The Bertz CT molecular complexity index is 865. The highest BCUT2D eigenvalue weighted by atomic mass is 35.5. The molecule has 1 heterocycles. The Balaban J connectivity index is 2.38. The van der Waals surface area contributed by atoms with E-state index >= 15 is 0 Å². The number of hydrogen-bond acceptors (Lipinski definition) is 1. The number of rotatable bonds is 1. The minimum atomic E-state index is -0.441. The summed E-state index contributed by atoms with van der Waals surface area (Å²) in [6, 6.07) is 7.54. The first-order valence-corrected chi connectivity index (χ1v) is 7.06. The van der Waals surface area contributed by atoms with Crippen LogP contribution in [-0.4, -0.2) is 9.55 Å². The molecule has 0 amide bonds. The van der Waals surface area contributed by atoms with Gasteiger partial charge in [0.05, 0.1) is 26.8 Å². The molecule has 1 aromatic heterocycles. The molecule has 0 radical (unpaired) electrons. The summed E-state index contributed by atoms with van der Waals surface area (Å²) in [4.78, 5) is 3.00. The Hall–Kier alpha value is -1.07. The van der Waals surface area contributed by atoms with Crippen molar-refractivity contribution in [3.05, 3.63) is 56.0 Å². The number of aromatic amines is 1. The van der Waals surface area contributed by atoms with E-state index in [1.165, 1.54) is 12.1 Å². The molecule has 2 aromatic carbocycles. The Labute approximate surface area is 133 Å². The topological polar surface area (TPSA) is 20.7 Å². The fraction of sp³-hybridized carbons (Fsp3) is 0. The van der Waals surface area contributed by atoms with Crippen LogP contribution in [0.25, 0.3) is 16.7 Å². The number of H-pyrrole nitrogens is 1. The molecule has 3 aromatic rings. The van der Waals surface area contributed by atoms with Gasteiger partial charge < -0.3 is 4.98 Å². The van der Waals surface area contributed by atoms with Crippen LogP contribution in [0.5, 0.6) is 0 Å². The van der Waals surface area contributed by atoms with E-state index in [-0.39, 0.29) is 5.02 Å². The minimum Gasteiger partial charge on any atom is -0.330 e. The van der Waals surface area contributed by atoms with Gasteiger partial charge in [-0.25, -0.2) is 4.39 Å². The van der Waals surface area contributed by atoms with Gasteiger partial charge in [0.2, 0.25) is 0 Å². The van der Waals surface area contributed by atoms with Gasteiger partial charge in [0.25, 0.3) is 0 Å². The summed E-state index contributed by atoms with van der Waals surface area (Å²) in [5.41, 5.74) is 1.93. The van der Waals surface area contributed by atoms with Crippen LogP contribution in [0.3, 0.4) is 0 Å². The highest BCUT2D eigenvalue weighted by Crippen LogP contribution is 2.30. The van der Waals surface area contributed by atoms with E-state index in [1.807, 2.05) is 0 Å². The zero-order valence-corrected chi connectivity index (χ0v) is 12.8. The lowest BCUT2D eigenvalue weighted by molar-refractivity contribution is 0.627. The molecular formula is C13H6Cl3FN2S. The molecular weight excluding hydrogens is 342 g/mol. The van der Waals surface area contributed by atoms with E-state index in [2.05, 4.69) is 4.98 Å². The molecule has 20 heavy (non-hydrogen) atoms. The normalized spacial score (nSPS) is 11.2. The van der Waals surface area contributed by atoms with Crippen LogP contribution in [0.4, 0.5) is 4.39 Å². The Morgan fingerprint density at radius 3 is 2.40 bits per heavy atom. The molecule has 7 heteroatoms. The number of nitrogens with one attached hydrogen (secondary N) is 1. The summed E-state index contributed by atoms with van der Waals surface area (Å²) in [5, 5.41) is 1.10. The van der Waals surface area contributed by atoms with Gasteiger partial charge in [-0.05, 0) is 42.5 Å². The standard InChI is InChI=1S/C13H6Cl3FN2S/c14-6-1-7(17)3-8(2-6)19-12-5-10(16)9(15)4-11(12)18-13(19)20/h1-5H,(H,18,20). The van der Waals surface area contributed by atoms with Gasteiger partial charge in [-0.2, -0.15) is 0 Å². The van der Waals surface area contributed by atoms with Crippen LogP contribution < -0.4 is 0 Å². The van der Waals surface area contributed by atoms with Gasteiger partial charge >= 0.3 is 0 Å². The molecule has 0 saturated carbocycles. The first-order chi connectivity index (χ1) is 9.45. The lowest BCUT2D eigenvalue weighted by atomic mass is 10.2. The lowest BCUT2D eigenvalue weighted by Crippen LogP contribution is -1.95. The number of benzene rings is 2. The predicted octanol–water partition coefficient (Wildman–Crippen LogP) is 5.79. The van der Waals surface area contributed by atoms with Gasteiger partial charge in [-0.15, -0.1) is 0 Å². The third-order valence-electron chi connectivity index (χ3n) is 2.83. The second kappa shape index (κ2) is 5.04. The summed E-state index contributed by atoms with van der Waals surface area (Å²) in [5.74, 6) is -0.441. The highest BCUT2D eigenvalue weighted by molar-refractivity contribution is 7.71. The van der Waals surface area contributed by atoms with Crippen LogP contribution in [0, 0.1) is 10.6 Å². The lowest BCUT2D eigenvalue weighted by Gasteiger charge is -2.06. The first kappa shape index (κ1) is 13.9. The van der Waals surface area contributed by atoms with Crippen molar-refractivity contribution in [3.63, 3.8) is 0 Å². The maximum absolute atomic E-state index is 13.5. The molecule has 2 nitrogen and oxygen atoms in total. The molecule has 0 spiro atoms. The molecule has 0 fully saturated rings.